The van der Waals surface area contributed by atoms with Crippen LogP contribution in [-0.2, 0) is 11.3 Å². The van der Waals surface area contributed by atoms with Gasteiger partial charge in [-0.25, -0.2) is 0 Å². The lowest BCUT2D eigenvalue weighted by molar-refractivity contribution is 0.113. The van der Waals surface area contributed by atoms with Crippen LogP contribution >= 0.6 is 0 Å². The summed E-state index contributed by atoms with van der Waals surface area (Å²) in [5.74, 6) is 0. The zero-order valence-electron chi connectivity index (χ0n) is 12.2. The molecule has 0 fully saturated rings. The number of benzene rings is 1. The SMILES string of the molecule is C[C@@H](O)C/C=C/[C@@H](O)CCCCOCc1ccccc1. The number of unbranched alkanes of at least 4 members (excludes halogenated alkanes) is 1. The third kappa shape index (κ3) is 8.86. The predicted octanol–water partition coefficient (Wildman–Crippen LogP) is 3.06. The van der Waals surface area contributed by atoms with E-state index in [4.69, 9.17) is 9.84 Å². The van der Waals surface area contributed by atoms with Crippen LogP contribution in [0.2, 0.25) is 0 Å². The molecule has 2 atom stereocenters. The summed E-state index contributed by atoms with van der Waals surface area (Å²) in [6.07, 6.45) is 6.07. The lowest BCUT2D eigenvalue weighted by Crippen LogP contribution is -2.04. The highest BCUT2D eigenvalue weighted by Gasteiger charge is 1.99. The molecule has 0 aliphatic carbocycles. The molecule has 1 rings (SSSR count). The Labute approximate surface area is 121 Å². The van der Waals surface area contributed by atoms with E-state index in [2.05, 4.69) is 12.1 Å². The van der Waals surface area contributed by atoms with E-state index in [-0.39, 0.29) is 6.10 Å². The molecule has 3 nitrogen and oxygen atoms in total. The molecular weight excluding hydrogens is 252 g/mol. The fourth-order valence-electron chi connectivity index (χ4n) is 1.85. The molecule has 0 saturated heterocycles. The molecule has 0 heterocycles. The lowest BCUT2D eigenvalue weighted by atomic mass is 10.1. The monoisotopic (exact) mass is 278 g/mol. The number of ether oxygens (including phenoxy) is 1. The Hall–Kier alpha value is -1.16. The van der Waals surface area contributed by atoms with Crippen LogP contribution in [0.15, 0.2) is 42.5 Å². The maximum atomic E-state index is 9.69. The summed E-state index contributed by atoms with van der Waals surface area (Å²) in [6, 6.07) is 10.1. The topological polar surface area (TPSA) is 49.7 Å². The van der Waals surface area contributed by atoms with Gasteiger partial charge >= 0.3 is 0 Å². The van der Waals surface area contributed by atoms with Gasteiger partial charge < -0.3 is 14.9 Å². The minimum Gasteiger partial charge on any atom is -0.393 e. The number of hydrogen-bond donors (Lipinski definition) is 2. The van der Waals surface area contributed by atoms with Gasteiger partial charge in [-0.3, -0.25) is 0 Å². The first-order chi connectivity index (χ1) is 9.68. The first-order valence-corrected chi connectivity index (χ1v) is 7.33. The quantitative estimate of drug-likeness (QED) is 0.511. The van der Waals surface area contributed by atoms with Gasteiger partial charge in [0.2, 0.25) is 0 Å². The first kappa shape index (κ1) is 16.9. The van der Waals surface area contributed by atoms with E-state index in [9.17, 15) is 5.11 Å². The summed E-state index contributed by atoms with van der Waals surface area (Å²) >= 11 is 0. The predicted molar refractivity (Wildman–Crippen MR) is 81.4 cm³/mol. The maximum absolute atomic E-state index is 9.69. The number of rotatable bonds is 10. The molecule has 0 amide bonds. The molecule has 2 N–H and O–H groups in total. The second-order valence-corrected chi connectivity index (χ2v) is 5.11. The molecule has 0 unspecified atom stereocenters. The van der Waals surface area contributed by atoms with Crippen LogP contribution in [0.5, 0.6) is 0 Å². The molecule has 1 aromatic carbocycles. The highest BCUT2D eigenvalue weighted by molar-refractivity contribution is 5.13. The molecule has 0 radical (unpaired) electrons. The summed E-state index contributed by atoms with van der Waals surface area (Å²) in [7, 11) is 0. The van der Waals surface area contributed by atoms with E-state index < -0.39 is 6.10 Å². The maximum Gasteiger partial charge on any atom is 0.0720 e. The second-order valence-electron chi connectivity index (χ2n) is 5.11. The van der Waals surface area contributed by atoms with Gasteiger partial charge in [0.15, 0.2) is 0 Å². The molecule has 0 aliphatic heterocycles. The van der Waals surface area contributed by atoms with Gasteiger partial charge in [0, 0.05) is 6.61 Å². The van der Waals surface area contributed by atoms with Crippen molar-refractivity contribution in [3.8, 4) is 0 Å². The summed E-state index contributed by atoms with van der Waals surface area (Å²) < 4.78 is 5.58. The van der Waals surface area contributed by atoms with Crippen LogP contribution in [0.3, 0.4) is 0 Å². The van der Waals surface area contributed by atoms with Crippen LogP contribution in [0, 0.1) is 0 Å². The van der Waals surface area contributed by atoms with Crippen LogP contribution < -0.4 is 0 Å². The van der Waals surface area contributed by atoms with E-state index in [1.54, 1.807) is 13.0 Å². The van der Waals surface area contributed by atoms with Gasteiger partial charge in [0.25, 0.3) is 0 Å². The first-order valence-electron chi connectivity index (χ1n) is 7.33. The van der Waals surface area contributed by atoms with Gasteiger partial charge in [-0.05, 0) is 38.2 Å². The summed E-state index contributed by atoms with van der Waals surface area (Å²) in [5, 5.41) is 18.8. The second kappa shape index (κ2) is 10.6. The van der Waals surface area contributed by atoms with Gasteiger partial charge in [-0.15, -0.1) is 0 Å². The fourth-order valence-corrected chi connectivity index (χ4v) is 1.85. The van der Waals surface area contributed by atoms with Crippen LogP contribution in [0.4, 0.5) is 0 Å². The van der Waals surface area contributed by atoms with Crippen molar-refractivity contribution in [3.05, 3.63) is 48.0 Å². The molecule has 0 bridgehead atoms. The fraction of sp³-hybridized carbons (Fsp3) is 0.529. The lowest BCUT2D eigenvalue weighted by Gasteiger charge is -2.07. The normalized spacial score (nSPS) is 14.6. The van der Waals surface area contributed by atoms with Crippen molar-refractivity contribution in [3.63, 3.8) is 0 Å². The van der Waals surface area contributed by atoms with E-state index in [1.165, 1.54) is 5.56 Å². The van der Waals surface area contributed by atoms with Crippen LogP contribution in [-0.4, -0.2) is 29.0 Å². The Balaban J connectivity index is 1.98. The molecule has 1 aromatic rings. The minimum atomic E-state index is -0.414. The number of hydrogen-bond acceptors (Lipinski definition) is 3. The third-order valence-electron chi connectivity index (χ3n) is 2.99. The third-order valence-corrected chi connectivity index (χ3v) is 2.99. The molecular formula is C17H26O3. The molecule has 112 valence electrons. The average molecular weight is 278 g/mol. The molecule has 0 spiro atoms. The van der Waals surface area contributed by atoms with Crippen molar-refractivity contribution in [2.24, 2.45) is 0 Å². The van der Waals surface area contributed by atoms with Gasteiger partial charge in [-0.1, -0.05) is 42.5 Å². The van der Waals surface area contributed by atoms with Crippen molar-refractivity contribution < 1.29 is 14.9 Å². The average Bonchev–Trinajstić information content (AvgIpc) is 2.43. The molecule has 0 saturated carbocycles. The van der Waals surface area contributed by atoms with Crippen LogP contribution in [0.1, 0.15) is 38.2 Å². The Morgan fingerprint density at radius 1 is 1.15 bits per heavy atom. The Morgan fingerprint density at radius 3 is 2.60 bits per heavy atom. The summed E-state index contributed by atoms with van der Waals surface area (Å²) in [4.78, 5) is 0. The zero-order valence-corrected chi connectivity index (χ0v) is 12.2. The van der Waals surface area contributed by atoms with Crippen LogP contribution in [0.25, 0.3) is 0 Å². The van der Waals surface area contributed by atoms with Crippen molar-refractivity contribution >= 4 is 0 Å². The van der Waals surface area contributed by atoms with Gasteiger partial charge in [0.05, 0.1) is 18.8 Å². The molecule has 3 heteroatoms. The van der Waals surface area contributed by atoms with Crippen molar-refractivity contribution in [2.75, 3.05) is 6.61 Å². The summed E-state index contributed by atoms with van der Waals surface area (Å²) in [5.41, 5.74) is 1.19. The van der Waals surface area contributed by atoms with E-state index in [1.807, 2.05) is 24.3 Å². The van der Waals surface area contributed by atoms with Crippen molar-refractivity contribution in [2.45, 2.75) is 51.4 Å². The van der Waals surface area contributed by atoms with Gasteiger partial charge in [0.1, 0.15) is 0 Å². The smallest absolute Gasteiger partial charge is 0.0720 e. The number of aliphatic hydroxyl groups is 2. The van der Waals surface area contributed by atoms with Crippen molar-refractivity contribution in [1.82, 2.24) is 0 Å². The Morgan fingerprint density at radius 2 is 1.90 bits per heavy atom. The highest BCUT2D eigenvalue weighted by atomic mass is 16.5. The van der Waals surface area contributed by atoms with E-state index in [0.29, 0.717) is 13.0 Å². The zero-order chi connectivity index (χ0) is 14.6. The Kier molecular flexibility index (Phi) is 8.96. The summed E-state index contributed by atoms with van der Waals surface area (Å²) in [6.45, 7) is 3.11. The molecule has 20 heavy (non-hydrogen) atoms. The van der Waals surface area contributed by atoms with Gasteiger partial charge in [-0.2, -0.15) is 0 Å². The standard InChI is InChI=1S/C17H26O3/c1-15(18)8-7-12-17(19)11-5-6-13-20-14-16-9-3-2-4-10-16/h2-4,7,9-10,12,15,17-19H,5-6,8,11,13-14H2,1H3/b12-7+/t15-,17+/m1/s1. The number of aliphatic hydroxyl groups excluding tert-OH is 2. The molecule has 0 aromatic heterocycles. The van der Waals surface area contributed by atoms with E-state index in [0.717, 1.165) is 25.9 Å². The van der Waals surface area contributed by atoms with Crippen molar-refractivity contribution in [1.29, 1.82) is 0 Å². The highest BCUT2D eigenvalue weighted by Crippen LogP contribution is 2.05. The molecule has 0 aliphatic rings. The Bertz CT molecular complexity index is 360. The van der Waals surface area contributed by atoms with E-state index >= 15 is 0 Å². The largest absolute Gasteiger partial charge is 0.393 e. The minimum absolute atomic E-state index is 0.343.